The minimum absolute atomic E-state index is 0.376. The summed E-state index contributed by atoms with van der Waals surface area (Å²) < 4.78 is 2.14. The van der Waals surface area contributed by atoms with Crippen molar-refractivity contribution in [3.05, 3.63) is 47.0 Å². The first-order chi connectivity index (χ1) is 9.65. The Morgan fingerprint density at radius 2 is 2.20 bits per heavy atom. The van der Waals surface area contributed by atoms with E-state index in [1.54, 1.807) is 0 Å². The van der Waals surface area contributed by atoms with E-state index in [-0.39, 0.29) is 0 Å². The molecule has 1 saturated heterocycles. The van der Waals surface area contributed by atoms with Crippen molar-refractivity contribution in [2.45, 2.75) is 45.2 Å². The van der Waals surface area contributed by atoms with Crippen molar-refractivity contribution in [1.29, 1.82) is 0 Å². The smallest absolute Gasteiger partial charge is 0.0994 e. The maximum absolute atomic E-state index is 6.24. The molecule has 4 heteroatoms. The molecule has 3 rings (SSSR count). The van der Waals surface area contributed by atoms with Crippen LogP contribution in [0.4, 0.5) is 0 Å². The minimum atomic E-state index is 0.376. The highest BCUT2D eigenvalue weighted by Gasteiger charge is 2.22. The number of aromatic nitrogens is 2. The molecule has 1 N–H and O–H groups in total. The van der Waals surface area contributed by atoms with Crippen molar-refractivity contribution in [3.63, 3.8) is 0 Å². The van der Waals surface area contributed by atoms with E-state index in [0.29, 0.717) is 12.1 Å². The van der Waals surface area contributed by atoms with Crippen LogP contribution >= 0.6 is 11.6 Å². The Hall–Kier alpha value is -1.32. The van der Waals surface area contributed by atoms with E-state index in [1.807, 2.05) is 25.5 Å². The van der Waals surface area contributed by atoms with Crippen molar-refractivity contribution >= 4 is 11.6 Å². The molecule has 1 aromatic carbocycles. The summed E-state index contributed by atoms with van der Waals surface area (Å²) in [6.07, 6.45) is 7.51. The molecule has 106 valence electrons. The van der Waals surface area contributed by atoms with Crippen LogP contribution < -0.4 is 5.32 Å². The van der Waals surface area contributed by atoms with Gasteiger partial charge in [0.1, 0.15) is 0 Å². The molecular weight excluding hydrogens is 270 g/mol. The predicted molar refractivity (Wildman–Crippen MR) is 82.5 cm³/mol. The van der Waals surface area contributed by atoms with E-state index in [0.717, 1.165) is 22.7 Å². The molecule has 20 heavy (non-hydrogen) atoms. The fourth-order valence-corrected chi connectivity index (χ4v) is 3.06. The molecule has 0 aliphatic carbocycles. The number of imidazole rings is 1. The Bertz CT molecular complexity index is 606. The molecule has 1 fully saturated rings. The van der Waals surface area contributed by atoms with E-state index in [9.17, 15) is 0 Å². The molecule has 1 aliphatic heterocycles. The molecule has 0 amide bonds. The first-order valence-corrected chi connectivity index (χ1v) is 7.58. The van der Waals surface area contributed by atoms with Gasteiger partial charge in [-0.3, -0.25) is 0 Å². The van der Waals surface area contributed by atoms with Gasteiger partial charge in [-0.05, 0) is 50.8 Å². The van der Waals surface area contributed by atoms with Gasteiger partial charge in [-0.15, -0.1) is 0 Å². The summed E-state index contributed by atoms with van der Waals surface area (Å²) in [6.45, 7) is 4.26. The number of hydrogen-bond acceptors (Lipinski definition) is 2. The maximum atomic E-state index is 6.24. The van der Waals surface area contributed by atoms with Gasteiger partial charge < -0.3 is 9.88 Å². The third kappa shape index (κ3) is 2.60. The minimum Gasteiger partial charge on any atom is -0.306 e. The zero-order valence-corrected chi connectivity index (χ0v) is 12.7. The lowest BCUT2D eigenvalue weighted by Crippen LogP contribution is -2.35. The van der Waals surface area contributed by atoms with Crippen LogP contribution in [0.5, 0.6) is 0 Å². The Morgan fingerprint density at radius 3 is 2.95 bits per heavy atom. The van der Waals surface area contributed by atoms with Crippen LogP contribution in [-0.4, -0.2) is 15.6 Å². The van der Waals surface area contributed by atoms with Gasteiger partial charge in [-0.2, -0.15) is 0 Å². The second-order valence-electron chi connectivity index (χ2n) is 5.67. The molecule has 0 spiro atoms. The standard InChI is InChI=1S/C16H20ClN3/c1-11-6-7-13(8-14(11)17)20-10-18-9-16(20)15-5-3-4-12(2)19-15/h6-10,12,15,19H,3-5H2,1-2H3. The number of aryl methyl sites for hydroxylation is 1. The van der Waals surface area contributed by atoms with Crippen LogP contribution in [0.3, 0.4) is 0 Å². The number of nitrogens with zero attached hydrogens (tertiary/aromatic N) is 2. The van der Waals surface area contributed by atoms with Crippen LogP contribution in [0, 0.1) is 6.92 Å². The second kappa shape index (κ2) is 5.58. The Kier molecular flexibility index (Phi) is 3.81. The zero-order valence-electron chi connectivity index (χ0n) is 11.9. The predicted octanol–water partition coefficient (Wildman–Crippen LogP) is 4.04. The van der Waals surface area contributed by atoms with Crippen LogP contribution in [0.1, 0.15) is 43.5 Å². The van der Waals surface area contributed by atoms with Crippen molar-refractivity contribution in [1.82, 2.24) is 14.9 Å². The number of benzene rings is 1. The van der Waals surface area contributed by atoms with Crippen LogP contribution in [0.25, 0.3) is 5.69 Å². The Balaban J connectivity index is 1.95. The summed E-state index contributed by atoms with van der Waals surface area (Å²) in [4.78, 5) is 4.33. The molecule has 2 atom stereocenters. The highest BCUT2D eigenvalue weighted by Crippen LogP contribution is 2.28. The maximum Gasteiger partial charge on any atom is 0.0994 e. The summed E-state index contributed by atoms with van der Waals surface area (Å²) in [5, 5.41) is 4.46. The molecule has 0 saturated carbocycles. The summed E-state index contributed by atoms with van der Waals surface area (Å²) in [6, 6.07) is 7.10. The van der Waals surface area contributed by atoms with Gasteiger partial charge in [0, 0.05) is 22.8 Å². The van der Waals surface area contributed by atoms with E-state index in [2.05, 4.69) is 33.9 Å². The topological polar surface area (TPSA) is 29.9 Å². The van der Waals surface area contributed by atoms with Crippen LogP contribution in [0.2, 0.25) is 5.02 Å². The largest absolute Gasteiger partial charge is 0.306 e. The van der Waals surface area contributed by atoms with E-state index < -0.39 is 0 Å². The average Bonchev–Trinajstić information content (AvgIpc) is 2.91. The normalized spacial score (nSPS) is 22.9. The fraction of sp³-hybridized carbons (Fsp3) is 0.438. The highest BCUT2D eigenvalue weighted by atomic mass is 35.5. The van der Waals surface area contributed by atoms with Gasteiger partial charge in [0.05, 0.1) is 18.2 Å². The lowest BCUT2D eigenvalue weighted by atomic mass is 9.97. The highest BCUT2D eigenvalue weighted by molar-refractivity contribution is 6.31. The van der Waals surface area contributed by atoms with E-state index >= 15 is 0 Å². The quantitative estimate of drug-likeness (QED) is 0.904. The van der Waals surface area contributed by atoms with Crippen molar-refractivity contribution in [2.24, 2.45) is 0 Å². The monoisotopic (exact) mass is 289 g/mol. The second-order valence-corrected chi connectivity index (χ2v) is 6.08. The number of hydrogen-bond donors (Lipinski definition) is 1. The van der Waals surface area contributed by atoms with Crippen molar-refractivity contribution in [2.75, 3.05) is 0 Å². The zero-order chi connectivity index (χ0) is 14.1. The lowest BCUT2D eigenvalue weighted by molar-refractivity contribution is 0.334. The lowest BCUT2D eigenvalue weighted by Gasteiger charge is -2.29. The van der Waals surface area contributed by atoms with Gasteiger partial charge in [-0.25, -0.2) is 4.98 Å². The van der Waals surface area contributed by atoms with Gasteiger partial charge in [0.15, 0.2) is 0 Å². The molecule has 1 aliphatic rings. The molecule has 0 bridgehead atoms. The summed E-state index contributed by atoms with van der Waals surface area (Å²) in [5.74, 6) is 0. The van der Waals surface area contributed by atoms with Gasteiger partial charge in [0.25, 0.3) is 0 Å². The Labute approximate surface area is 125 Å². The molecule has 0 radical (unpaired) electrons. The number of piperidine rings is 1. The number of halogens is 1. The van der Waals surface area contributed by atoms with Gasteiger partial charge in [0.2, 0.25) is 0 Å². The van der Waals surface area contributed by atoms with Gasteiger partial charge in [-0.1, -0.05) is 17.7 Å². The fourth-order valence-electron chi connectivity index (χ4n) is 2.88. The van der Waals surface area contributed by atoms with E-state index in [4.69, 9.17) is 11.6 Å². The van der Waals surface area contributed by atoms with Crippen LogP contribution in [-0.2, 0) is 0 Å². The molecule has 2 aromatic rings. The number of rotatable bonds is 2. The molecule has 2 unspecified atom stereocenters. The molecule has 3 nitrogen and oxygen atoms in total. The van der Waals surface area contributed by atoms with E-state index in [1.165, 1.54) is 18.5 Å². The Morgan fingerprint density at radius 1 is 1.35 bits per heavy atom. The first kappa shape index (κ1) is 13.7. The summed E-state index contributed by atoms with van der Waals surface area (Å²) >= 11 is 6.24. The molecule has 2 heterocycles. The summed E-state index contributed by atoms with van der Waals surface area (Å²) in [7, 11) is 0. The molecule has 1 aromatic heterocycles. The first-order valence-electron chi connectivity index (χ1n) is 7.20. The van der Waals surface area contributed by atoms with Crippen LogP contribution in [0.15, 0.2) is 30.7 Å². The van der Waals surface area contributed by atoms with Crippen molar-refractivity contribution in [3.8, 4) is 5.69 Å². The third-order valence-corrected chi connectivity index (χ3v) is 4.48. The third-order valence-electron chi connectivity index (χ3n) is 4.07. The van der Waals surface area contributed by atoms with Gasteiger partial charge >= 0.3 is 0 Å². The summed E-state index contributed by atoms with van der Waals surface area (Å²) in [5.41, 5.74) is 3.39. The SMILES string of the molecule is Cc1ccc(-n2cncc2C2CCCC(C)N2)cc1Cl. The van der Waals surface area contributed by atoms with Crippen molar-refractivity contribution < 1.29 is 0 Å². The average molecular weight is 290 g/mol. The molecular formula is C16H20ClN3. The number of nitrogens with one attached hydrogen (secondary N) is 1.